The number of ether oxygens (including phenoxy) is 1. The van der Waals surface area contributed by atoms with Gasteiger partial charge in [-0.1, -0.05) is 24.3 Å². The molecule has 24 heavy (non-hydrogen) atoms. The molecule has 0 aliphatic heterocycles. The van der Waals surface area contributed by atoms with Crippen LogP contribution in [-0.4, -0.2) is 24.1 Å². The van der Waals surface area contributed by atoms with Gasteiger partial charge < -0.3 is 15.2 Å². The maximum absolute atomic E-state index is 12.1. The molecule has 126 valence electrons. The Morgan fingerprint density at radius 1 is 1.17 bits per heavy atom. The Balaban J connectivity index is 1.90. The molecule has 5 heteroatoms. The predicted octanol–water partition coefficient (Wildman–Crippen LogP) is 3.66. The van der Waals surface area contributed by atoms with Crippen molar-refractivity contribution in [2.24, 2.45) is 0 Å². The number of carbonyl (C=O) groups is 2. The van der Waals surface area contributed by atoms with E-state index in [9.17, 15) is 9.59 Å². The number of carboxylic acids is 1. The molecule has 2 rings (SSSR count). The molecule has 1 atom stereocenters. The van der Waals surface area contributed by atoms with E-state index < -0.39 is 5.97 Å². The second kappa shape index (κ2) is 8.26. The monoisotopic (exact) mass is 327 g/mol. The number of amides is 1. The van der Waals surface area contributed by atoms with Crippen molar-refractivity contribution in [3.63, 3.8) is 0 Å². The van der Waals surface area contributed by atoms with Gasteiger partial charge in [0.1, 0.15) is 0 Å². The van der Waals surface area contributed by atoms with E-state index in [1.807, 2.05) is 31.2 Å². The smallest absolute Gasteiger partial charge is 0.335 e. The normalized spacial score (nSPS) is 11.8. The third-order valence-electron chi connectivity index (χ3n) is 3.83. The lowest BCUT2D eigenvalue weighted by Gasteiger charge is -2.12. The molecule has 0 saturated carbocycles. The second-order valence-corrected chi connectivity index (χ2v) is 5.55. The summed E-state index contributed by atoms with van der Waals surface area (Å²) < 4.78 is 5.27. The fourth-order valence-corrected chi connectivity index (χ4v) is 2.30. The topological polar surface area (TPSA) is 75.6 Å². The van der Waals surface area contributed by atoms with Crippen LogP contribution in [0.3, 0.4) is 0 Å². The standard InChI is InChI=1S/C19H21NO4/c1-13(24-2)16-4-3-5-17(12-16)20-18(21)11-8-14-6-9-15(10-7-14)19(22)23/h3-7,9-10,12-13H,8,11H2,1-2H3,(H,20,21)(H,22,23). The van der Waals surface area contributed by atoms with Crippen LogP contribution >= 0.6 is 0 Å². The molecule has 0 bridgehead atoms. The molecule has 0 spiro atoms. The Hall–Kier alpha value is -2.66. The van der Waals surface area contributed by atoms with Crippen molar-refractivity contribution >= 4 is 17.6 Å². The van der Waals surface area contributed by atoms with Crippen LogP contribution in [0.25, 0.3) is 0 Å². The van der Waals surface area contributed by atoms with E-state index in [4.69, 9.17) is 9.84 Å². The predicted molar refractivity (Wildman–Crippen MR) is 92.2 cm³/mol. The molecule has 0 fully saturated rings. The zero-order valence-corrected chi connectivity index (χ0v) is 13.8. The van der Waals surface area contributed by atoms with Gasteiger partial charge in [0, 0.05) is 19.2 Å². The Morgan fingerprint density at radius 2 is 1.88 bits per heavy atom. The molecule has 1 amide bonds. The summed E-state index contributed by atoms with van der Waals surface area (Å²) in [4.78, 5) is 22.9. The van der Waals surface area contributed by atoms with Crippen LogP contribution in [0.1, 0.15) is 40.9 Å². The van der Waals surface area contributed by atoms with Crippen LogP contribution in [0.15, 0.2) is 48.5 Å². The first kappa shape index (κ1) is 17.7. The highest BCUT2D eigenvalue weighted by Crippen LogP contribution is 2.19. The molecular formula is C19H21NO4. The average molecular weight is 327 g/mol. The average Bonchev–Trinajstić information content (AvgIpc) is 2.59. The van der Waals surface area contributed by atoms with Crippen molar-refractivity contribution in [1.29, 1.82) is 0 Å². The fraction of sp³-hybridized carbons (Fsp3) is 0.263. The third kappa shape index (κ3) is 4.93. The second-order valence-electron chi connectivity index (χ2n) is 5.55. The first-order chi connectivity index (χ1) is 11.5. The van der Waals surface area contributed by atoms with Crippen molar-refractivity contribution in [2.45, 2.75) is 25.9 Å². The lowest BCUT2D eigenvalue weighted by atomic mass is 10.1. The van der Waals surface area contributed by atoms with Gasteiger partial charge in [0.05, 0.1) is 11.7 Å². The molecule has 0 aliphatic rings. The van der Waals surface area contributed by atoms with Crippen LogP contribution in [0.4, 0.5) is 5.69 Å². The molecule has 0 heterocycles. The van der Waals surface area contributed by atoms with Gasteiger partial charge in [0.15, 0.2) is 0 Å². The van der Waals surface area contributed by atoms with Crippen LogP contribution in [0, 0.1) is 0 Å². The van der Waals surface area contributed by atoms with Crippen molar-refractivity contribution in [2.75, 3.05) is 12.4 Å². The van der Waals surface area contributed by atoms with Gasteiger partial charge in [0.25, 0.3) is 0 Å². The highest BCUT2D eigenvalue weighted by molar-refractivity contribution is 5.91. The molecule has 0 radical (unpaired) electrons. The Kier molecular flexibility index (Phi) is 6.09. The van der Waals surface area contributed by atoms with E-state index in [1.165, 1.54) is 0 Å². The Labute approximate surface area is 141 Å². The number of methoxy groups -OCH3 is 1. The zero-order chi connectivity index (χ0) is 17.5. The molecule has 2 aromatic rings. The third-order valence-corrected chi connectivity index (χ3v) is 3.83. The SMILES string of the molecule is COC(C)c1cccc(NC(=O)CCc2ccc(C(=O)O)cc2)c1. The first-order valence-electron chi connectivity index (χ1n) is 7.74. The number of hydrogen-bond acceptors (Lipinski definition) is 3. The minimum Gasteiger partial charge on any atom is -0.478 e. The van der Waals surface area contributed by atoms with Crippen molar-refractivity contribution < 1.29 is 19.4 Å². The lowest BCUT2D eigenvalue weighted by Crippen LogP contribution is -2.12. The number of carboxylic acid groups (broad SMARTS) is 1. The maximum Gasteiger partial charge on any atom is 0.335 e. The zero-order valence-electron chi connectivity index (χ0n) is 13.8. The van der Waals surface area contributed by atoms with E-state index in [-0.39, 0.29) is 17.6 Å². The van der Waals surface area contributed by atoms with E-state index in [1.54, 1.807) is 31.4 Å². The molecule has 5 nitrogen and oxygen atoms in total. The largest absolute Gasteiger partial charge is 0.478 e. The molecule has 0 saturated heterocycles. The lowest BCUT2D eigenvalue weighted by molar-refractivity contribution is -0.116. The highest BCUT2D eigenvalue weighted by atomic mass is 16.5. The van der Waals surface area contributed by atoms with Crippen molar-refractivity contribution in [3.05, 3.63) is 65.2 Å². The molecule has 2 aromatic carbocycles. The summed E-state index contributed by atoms with van der Waals surface area (Å²) in [6.45, 7) is 1.95. The van der Waals surface area contributed by atoms with Gasteiger partial charge in [-0.25, -0.2) is 4.79 Å². The quantitative estimate of drug-likeness (QED) is 0.813. The number of carbonyl (C=O) groups excluding carboxylic acids is 1. The summed E-state index contributed by atoms with van der Waals surface area (Å²) >= 11 is 0. The van der Waals surface area contributed by atoms with E-state index in [0.29, 0.717) is 12.8 Å². The van der Waals surface area contributed by atoms with Gasteiger partial charge in [-0.2, -0.15) is 0 Å². The summed E-state index contributed by atoms with van der Waals surface area (Å²) in [5, 5.41) is 11.7. The summed E-state index contributed by atoms with van der Waals surface area (Å²) in [5.74, 6) is -1.04. The van der Waals surface area contributed by atoms with Crippen LogP contribution in [0.2, 0.25) is 0 Å². The summed E-state index contributed by atoms with van der Waals surface area (Å²) in [5.41, 5.74) is 2.91. The van der Waals surface area contributed by atoms with Crippen molar-refractivity contribution in [1.82, 2.24) is 0 Å². The summed E-state index contributed by atoms with van der Waals surface area (Å²) in [7, 11) is 1.64. The van der Waals surface area contributed by atoms with Crippen LogP contribution in [-0.2, 0) is 16.0 Å². The van der Waals surface area contributed by atoms with E-state index in [2.05, 4.69) is 5.32 Å². The minimum absolute atomic E-state index is 0.0328. The van der Waals surface area contributed by atoms with Gasteiger partial charge >= 0.3 is 5.97 Å². The van der Waals surface area contributed by atoms with Crippen molar-refractivity contribution in [3.8, 4) is 0 Å². The summed E-state index contributed by atoms with van der Waals surface area (Å²) in [6.07, 6.45) is 0.853. The number of rotatable bonds is 7. The van der Waals surface area contributed by atoms with Crippen LogP contribution in [0.5, 0.6) is 0 Å². The highest BCUT2D eigenvalue weighted by Gasteiger charge is 2.08. The molecule has 0 aromatic heterocycles. The number of aromatic carboxylic acids is 1. The Morgan fingerprint density at radius 3 is 2.50 bits per heavy atom. The minimum atomic E-state index is -0.954. The van der Waals surface area contributed by atoms with Gasteiger partial charge in [-0.3, -0.25) is 4.79 Å². The molecule has 2 N–H and O–H groups in total. The van der Waals surface area contributed by atoms with E-state index >= 15 is 0 Å². The number of anilines is 1. The van der Waals surface area contributed by atoms with Gasteiger partial charge in [0.2, 0.25) is 5.91 Å². The number of nitrogens with one attached hydrogen (secondary N) is 1. The summed E-state index contributed by atoms with van der Waals surface area (Å²) in [6, 6.07) is 14.1. The molecule has 0 aliphatic carbocycles. The maximum atomic E-state index is 12.1. The fourth-order valence-electron chi connectivity index (χ4n) is 2.30. The van der Waals surface area contributed by atoms with Gasteiger partial charge in [-0.15, -0.1) is 0 Å². The van der Waals surface area contributed by atoms with Crippen LogP contribution < -0.4 is 5.32 Å². The molecule has 1 unspecified atom stereocenters. The Bertz CT molecular complexity index is 710. The number of aryl methyl sites for hydroxylation is 1. The molecular weight excluding hydrogens is 306 g/mol. The van der Waals surface area contributed by atoms with E-state index in [0.717, 1.165) is 16.8 Å². The number of benzene rings is 2. The first-order valence-corrected chi connectivity index (χ1v) is 7.74. The van der Waals surface area contributed by atoms with Gasteiger partial charge in [-0.05, 0) is 48.7 Å². The number of hydrogen-bond donors (Lipinski definition) is 2.